The molecule has 0 saturated carbocycles. The third kappa shape index (κ3) is 6.09. The van der Waals surface area contributed by atoms with Gasteiger partial charge in [-0.15, -0.1) is 11.8 Å². The summed E-state index contributed by atoms with van der Waals surface area (Å²) >= 11 is 1.73. The van der Waals surface area contributed by atoms with Crippen LogP contribution in [0.15, 0.2) is 11.5 Å². The Morgan fingerprint density at radius 3 is 2.71 bits per heavy atom. The van der Waals surface area contributed by atoms with Gasteiger partial charge in [-0.3, -0.25) is 0 Å². The summed E-state index contributed by atoms with van der Waals surface area (Å²) in [6.45, 7) is 4.16. The fraction of sp³-hybridized carbons (Fsp3) is 0.500. The smallest absolute Gasteiger partial charge is 0.0180 e. The maximum absolute atomic E-state index is 2.14. The van der Waals surface area contributed by atoms with Gasteiger partial charge >= 0.3 is 0 Å². The molecule has 0 saturated heterocycles. The minimum atomic E-state index is 1.14. The van der Waals surface area contributed by atoms with Gasteiger partial charge in [0.2, 0.25) is 0 Å². The molecule has 0 aromatic heterocycles. The molecule has 0 nitrogen and oxygen atoms in total. The average Bonchev–Trinajstić information content (AvgIpc) is 1.69. The largest absolute Gasteiger partial charge is 0.130 e. The lowest BCUT2D eigenvalue weighted by Crippen LogP contribution is -1.49. The minimum absolute atomic E-state index is 1.14. The summed E-state index contributed by atoms with van der Waals surface area (Å²) < 4.78 is 0. The highest BCUT2D eigenvalue weighted by Crippen LogP contribution is 2.04. The summed E-state index contributed by atoms with van der Waals surface area (Å²) in [5.41, 5.74) is 0. The van der Waals surface area contributed by atoms with E-state index in [2.05, 4.69) is 24.2 Å². The predicted molar refractivity (Wildman–Crippen MR) is 37.0 cm³/mol. The molecule has 0 heterocycles. The molecular weight excluding hydrogens is 104 g/mol. The molecule has 0 aromatic rings. The molecule has 1 heteroatoms. The molecule has 0 aromatic carbocycles. The van der Waals surface area contributed by atoms with Crippen molar-refractivity contribution in [1.29, 1.82) is 0 Å². The van der Waals surface area contributed by atoms with Crippen molar-refractivity contribution in [3.05, 3.63) is 17.2 Å². The summed E-state index contributed by atoms with van der Waals surface area (Å²) in [6, 6.07) is 0. The van der Waals surface area contributed by atoms with Gasteiger partial charge < -0.3 is 0 Å². The zero-order chi connectivity index (χ0) is 5.54. The van der Waals surface area contributed by atoms with Crippen molar-refractivity contribution in [1.82, 2.24) is 0 Å². The lowest BCUT2D eigenvalue weighted by atomic mass is 10.5. The van der Waals surface area contributed by atoms with Gasteiger partial charge in [-0.1, -0.05) is 19.9 Å². The van der Waals surface area contributed by atoms with E-state index in [-0.39, 0.29) is 0 Å². The van der Waals surface area contributed by atoms with E-state index in [0.29, 0.717) is 0 Å². The Kier molecular flexibility index (Phi) is 6.17. The molecule has 0 aliphatic rings. The Morgan fingerprint density at radius 2 is 2.29 bits per heavy atom. The maximum atomic E-state index is 2.14. The molecule has 41 valence electrons. The number of hydrogen-bond donors (Lipinski definition) is 0. The fourth-order valence-corrected chi connectivity index (χ4v) is 0.691. The molecule has 0 rings (SSSR count). The Bertz CT molecular complexity index is 48.1. The third-order valence-electron chi connectivity index (χ3n) is 0.547. The highest BCUT2D eigenvalue weighted by Gasteiger charge is 1.68. The third-order valence-corrected chi connectivity index (χ3v) is 1.17. The van der Waals surface area contributed by atoms with Gasteiger partial charge in [-0.2, -0.15) is 0 Å². The standard InChI is InChI=1S/C6H11S/c1-3-5-6-7-4-2/h4-6H,3H2,1-2H3/b6-5+. The van der Waals surface area contributed by atoms with E-state index in [1.165, 1.54) is 0 Å². The molecule has 1 radical (unpaired) electrons. The summed E-state index contributed by atoms with van der Waals surface area (Å²) in [4.78, 5) is 0. The van der Waals surface area contributed by atoms with Crippen LogP contribution in [0.3, 0.4) is 0 Å². The molecule has 0 atom stereocenters. The predicted octanol–water partition coefficient (Wildman–Crippen LogP) is 2.82. The average molecular weight is 115 g/mol. The summed E-state index contributed by atoms with van der Waals surface area (Å²) in [7, 11) is 0. The first kappa shape index (κ1) is 7.09. The van der Waals surface area contributed by atoms with Crippen molar-refractivity contribution in [2.45, 2.75) is 20.3 Å². The Hall–Kier alpha value is 0.0900. The van der Waals surface area contributed by atoms with E-state index < -0.39 is 0 Å². The van der Waals surface area contributed by atoms with Crippen LogP contribution in [-0.4, -0.2) is 0 Å². The second-order valence-electron chi connectivity index (χ2n) is 1.15. The highest BCUT2D eigenvalue weighted by molar-refractivity contribution is 8.04. The van der Waals surface area contributed by atoms with Crippen LogP contribution in [0.4, 0.5) is 0 Å². The SMILES string of the molecule is C[CH]S/C=C/CC. The first-order valence-corrected chi connectivity index (χ1v) is 3.44. The summed E-state index contributed by atoms with van der Waals surface area (Å²) in [6.07, 6.45) is 3.28. The van der Waals surface area contributed by atoms with Crippen molar-refractivity contribution < 1.29 is 0 Å². The first-order valence-electron chi connectivity index (χ1n) is 2.50. The van der Waals surface area contributed by atoms with Crippen LogP contribution in [0.5, 0.6) is 0 Å². The minimum Gasteiger partial charge on any atom is -0.130 e. The lowest BCUT2D eigenvalue weighted by Gasteiger charge is -1.79. The molecule has 0 amide bonds. The van der Waals surface area contributed by atoms with Crippen LogP contribution in [-0.2, 0) is 0 Å². The van der Waals surface area contributed by atoms with Crippen molar-refractivity contribution in [3.63, 3.8) is 0 Å². The topological polar surface area (TPSA) is 0 Å². The first-order chi connectivity index (χ1) is 3.41. The Labute approximate surface area is 50.0 Å². The van der Waals surface area contributed by atoms with Gasteiger partial charge in [0.25, 0.3) is 0 Å². The van der Waals surface area contributed by atoms with Crippen LogP contribution in [0.1, 0.15) is 20.3 Å². The molecule has 7 heavy (non-hydrogen) atoms. The van der Waals surface area contributed by atoms with Gasteiger partial charge in [0.15, 0.2) is 0 Å². The van der Waals surface area contributed by atoms with Gasteiger partial charge in [-0.25, -0.2) is 0 Å². The van der Waals surface area contributed by atoms with Crippen molar-refractivity contribution in [2.75, 3.05) is 0 Å². The van der Waals surface area contributed by atoms with Gasteiger partial charge in [0, 0.05) is 5.75 Å². The molecule has 0 aliphatic heterocycles. The van der Waals surface area contributed by atoms with E-state index in [0.717, 1.165) is 6.42 Å². The molecule has 0 aliphatic carbocycles. The van der Waals surface area contributed by atoms with E-state index in [1.807, 2.05) is 6.92 Å². The van der Waals surface area contributed by atoms with Crippen molar-refractivity contribution in [3.8, 4) is 0 Å². The van der Waals surface area contributed by atoms with Gasteiger partial charge in [0.1, 0.15) is 0 Å². The van der Waals surface area contributed by atoms with E-state index in [9.17, 15) is 0 Å². The number of rotatable bonds is 3. The number of thioether (sulfide) groups is 1. The summed E-state index contributed by atoms with van der Waals surface area (Å²) in [5, 5.41) is 2.10. The van der Waals surface area contributed by atoms with Crippen LogP contribution in [0, 0.1) is 5.75 Å². The Balaban J connectivity index is 2.78. The van der Waals surface area contributed by atoms with E-state index in [1.54, 1.807) is 11.8 Å². The highest BCUT2D eigenvalue weighted by atomic mass is 32.2. The van der Waals surface area contributed by atoms with Crippen molar-refractivity contribution >= 4 is 11.8 Å². The zero-order valence-corrected chi connectivity index (χ0v) is 5.66. The zero-order valence-electron chi connectivity index (χ0n) is 4.85. The van der Waals surface area contributed by atoms with Crippen LogP contribution < -0.4 is 0 Å². The molecule has 0 unspecified atom stereocenters. The monoisotopic (exact) mass is 115 g/mol. The molecule has 0 bridgehead atoms. The second-order valence-corrected chi connectivity index (χ2v) is 2.17. The normalized spacial score (nSPS) is 10.6. The number of allylic oxidation sites excluding steroid dienone is 1. The second kappa shape index (κ2) is 6.09. The quantitative estimate of drug-likeness (QED) is 0.545. The lowest BCUT2D eigenvalue weighted by molar-refractivity contribution is 1.23. The summed E-state index contributed by atoms with van der Waals surface area (Å²) in [5.74, 6) is 2.06. The van der Waals surface area contributed by atoms with Crippen LogP contribution in [0.25, 0.3) is 0 Å². The van der Waals surface area contributed by atoms with Crippen molar-refractivity contribution in [2.24, 2.45) is 0 Å². The fourth-order valence-electron chi connectivity index (χ4n) is 0.230. The molecule has 0 spiro atoms. The van der Waals surface area contributed by atoms with Crippen LogP contribution >= 0.6 is 11.8 Å². The Morgan fingerprint density at radius 1 is 1.57 bits per heavy atom. The molecule has 0 fully saturated rings. The number of hydrogen-bond acceptors (Lipinski definition) is 1. The van der Waals surface area contributed by atoms with E-state index >= 15 is 0 Å². The van der Waals surface area contributed by atoms with Gasteiger partial charge in [0.05, 0.1) is 0 Å². The molecular formula is C6H11S. The maximum Gasteiger partial charge on any atom is 0.0180 e. The van der Waals surface area contributed by atoms with Crippen LogP contribution in [0.2, 0.25) is 0 Å². The van der Waals surface area contributed by atoms with E-state index in [4.69, 9.17) is 0 Å². The van der Waals surface area contributed by atoms with Gasteiger partial charge in [-0.05, 0) is 11.8 Å². The molecule has 0 N–H and O–H groups in total.